The molecule has 13 heteroatoms. The minimum atomic E-state index is -4.66. The summed E-state index contributed by atoms with van der Waals surface area (Å²) in [5.41, 5.74) is -1.11. The number of halogens is 3. The van der Waals surface area contributed by atoms with Gasteiger partial charge in [0.15, 0.2) is 5.84 Å². The van der Waals surface area contributed by atoms with Gasteiger partial charge in [0.25, 0.3) is 6.54 Å². The highest BCUT2D eigenvalue weighted by Crippen LogP contribution is 2.34. The summed E-state index contributed by atoms with van der Waals surface area (Å²) in [6.07, 6.45) is -1.26. The van der Waals surface area contributed by atoms with E-state index in [0.717, 1.165) is 25.0 Å². The number of alkyl halides is 3. The van der Waals surface area contributed by atoms with Crippen molar-refractivity contribution in [2.75, 3.05) is 45.2 Å². The van der Waals surface area contributed by atoms with Crippen LogP contribution in [0.5, 0.6) is 5.75 Å². The van der Waals surface area contributed by atoms with E-state index in [9.17, 15) is 32.9 Å². The number of methoxy groups -OCH3 is 1. The zero-order valence-corrected chi connectivity index (χ0v) is 19.3. The number of nitro groups is 1. The molecule has 2 fully saturated rings. The molecule has 0 aromatic heterocycles. The highest BCUT2D eigenvalue weighted by atomic mass is 19.4. The first kappa shape index (κ1) is 26.2. The molecule has 2 aliphatic heterocycles. The van der Waals surface area contributed by atoms with Crippen LogP contribution in [0.4, 0.5) is 18.9 Å². The highest BCUT2D eigenvalue weighted by Gasteiger charge is 2.33. The lowest BCUT2D eigenvalue weighted by atomic mass is 10.1. The van der Waals surface area contributed by atoms with Gasteiger partial charge >= 0.3 is 6.18 Å². The second-order valence-electron chi connectivity index (χ2n) is 8.50. The van der Waals surface area contributed by atoms with Crippen molar-refractivity contribution in [1.29, 1.82) is 0 Å². The third kappa shape index (κ3) is 7.30. The van der Waals surface area contributed by atoms with Crippen LogP contribution in [0, 0.1) is 10.1 Å². The first-order valence-electron chi connectivity index (χ1n) is 11.3. The van der Waals surface area contributed by atoms with Crippen LogP contribution in [0.25, 0.3) is 0 Å². The molecule has 0 radical (unpaired) electrons. The minimum absolute atomic E-state index is 0.0896. The van der Waals surface area contributed by atoms with Crippen molar-refractivity contribution in [3.63, 3.8) is 0 Å². The van der Waals surface area contributed by atoms with E-state index in [4.69, 9.17) is 4.74 Å². The largest absolute Gasteiger partial charge is 0.497 e. The number of aliphatic imine (C=N–C) groups is 1. The maximum absolute atomic E-state index is 13.3. The number of ether oxygens (including phenoxy) is 1. The summed E-state index contributed by atoms with van der Waals surface area (Å²) in [4.78, 5) is 43.6. The number of hydrogen-bond donors (Lipinski definition) is 1. The number of anilines is 1. The van der Waals surface area contributed by atoms with Crippen LogP contribution in [0.1, 0.15) is 37.7 Å². The Morgan fingerprint density at radius 1 is 1.20 bits per heavy atom. The van der Waals surface area contributed by atoms with Gasteiger partial charge in [-0.1, -0.05) is 0 Å². The van der Waals surface area contributed by atoms with Crippen LogP contribution in [-0.4, -0.2) is 78.2 Å². The fourth-order valence-electron chi connectivity index (χ4n) is 4.13. The maximum Gasteiger partial charge on any atom is 0.416 e. The summed E-state index contributed by atoms with van der Waals surface area (Å²) in [5, 5.41) is 13.8. The molecule has 2 amide bonds. The fourth-order valence-corrected chi connectivity index (χ4v) is 4.13. The van der Waals surface area contributed by atoms with E-state index in [-0.39, 0.29) is 29.7 Å². The van der Waals surface area contributed by atoms with Gasteiger partial charge in [0.1, 0.15) is 11.8 Å². The number of nitrogens with one attached hydrogen (secondary N) is 1. The first-order chi connectivity index (χ1) is 16.6. The molecule has 0 saturated carbocycles. The van der Waals surface area contributed by atoms with Gasteiger partial charge in [-0.15, -0.1) is 0 Å². The van der Waals surface area contributed by atoms with E-state index in [1.54, 1.807) is 4.90 Å². The van der Waals surface area contributed by atoms with Crippen molar-refractivity contribution < 1.29 is 32.4 Å². The Balaban J connectivity index is 1.83. The highest BCUT2D eigenvalue weighted by molar-refractivity contribution is 5.98. The van der Waals surface area contributed by atoms with Crippen LogP contribution in [0.15, 0.2) is 23.2 Å². The van der Waals surface area contributed by atoms with Crippen LogP contribution in [0.2, 0.25) is 0 Å². The standard InChI is InChI=1S/C22H28F3N5O5/c1-35-17-11-15(22(23,24)25)10-16(12-17)26-19(13-30(33)34)27-18-6-2-3-9-29(21(18)32)14-20(31)28-7-4-5-8-28/h10-12,18H,2-9,13-14H2,1H3,(H,26,27)/t18-/m0/s1. The zero-order chi connectivity index (χ0) is 25.6. The smallest absolute Gasteiger partial charge is 0.416 e. The molecular formula is C22H28F3N5O5. The van der Waals surface area contributed by atoms with Crippen molar-refractivity contribution in [2.24, 2.45) is 4.99 Å². The molecule has 1 N–H and O–H groups in total. The maximum atomic E-state index is 13.3. The number of hydrogen-bond acceptors (Lipinski definition) is 6. The number of rotatable bonds is 7. The lowest BCUT2D eigenvalue weighted by Crippen LogP contribution is -2.45. The molecular weight excluding hydrogens is 471 g/mol. The molecule has 0 unspecified atom stereocenters. The molecule has 0 aliphatic carbocycles. The molecule has 0 bridgehead atoms. The number of benzene rings is 1. The van der Waals surface area contributed by atoms with Crippen molar-refractivity contribution in [3.8, 4) is 5.75 Å². The summed E-state index contributed by atoms with van der Waals surface area (Å²) < 4.78 is 44.7. The quantitative estimate of drug-likeness (QED) is 0.267. The topological polar surface area (TPSA) is 117 Å². The number of likely N-dealkylation sites (tertiary alicyclic amines) is 2. The van der Waals surface area contributed by atoms with E-state index in [0.29, 0.717) is 38.9 Å². The van der Waals surface area contributed by atoms with Gasteiger partial charge in [0.2, 0.25) is 11.8 Å². The SMILES string of the molecule is COc1cc(NC(C[N+](=O)[O-])=N[C@H]2CCCCN(CC(=O)N3CCCC3)C2=O)cc(C(F)(F)F)c1. The van der Waals surface area contributed by atoms with Crippen molar-refractivity contribution in [2.45, 2.75) is 44.3 Å². The molecule has 35 heavy (non-hydrogen) atoms. The van der Waals surface area contributed by atoms with E-state index in [1.165, 1.54) is 18.1 Å². The van der Waals surface area contributed by atoms with Gasteiger partial charge in [0, 0.05) is 36.3 Å². The second-order valence-corrected chi connectivity index (χ2v) is 8.50. The predicted octanol–water partition coefficient (Wildman–Crippen LogP) is 2.80. The van der Waals surface area contributed by atoms with E-state index in [1.807, 2.05) is 0 Å². The molecule has 1 aromatic carbocycles. The van der Waals surface area contributed by atoms with E-state index in [2.05, 4.69) is 10.3 Å². The number of carbonyl (C=O) groups is 2. The number of carbonyl (C=O) groups excluding carboxylic acids is 2. The summed E-state index contributed by atoms with van der Waals surface area (Å²) >= 11 is 0. The molecule has 192 valence electrons. The predicted molar refractivity (Wildman–Crippen MR) is 121 cm³/mol. The Kier molecular flexibility index (Phi) is 8.52. The number of amidine groups is 1. The Morgan fingerprint density at radius 3 is 2.51 bits per heavy atom. The average Bonchev–Trinajstić information content (AvgIpc) is 3.28. The van der Waals surface area contributed by atoms with E-state index < -0.39 is 35.2 Å². The Morgan fingerprint density at radius 2 is 1.89 bits per heavy atom. The molecule has 2 aliphatic rings. The van der Waals surface area contributed by atoms with Gasteiger partial charge < -0.3 is 19.9 Å². The van der Waals surface area contributed by atoms with Crippen LogP contribution < -0.4 is 10.1 Å². The summed E-state index contributed by atoms with van der Waals surface area (Å²) in [7, 11) is 1.20. The monoisotopic (exact) mass is 499 g/mol. The van der Waals surface area contributed by atoms with Gasteiger partial charge in [-0.05, 0) is 44.2 Å². The molecule has 2 heterocycles. The normalized spacial score (nSPS) is 19.5. The molecule has 3 rings (SSSR count). The summed E-state index contributed by atoms with van der Waals surface area (Å²) in [5.74, 6) is -0.943. The minimum Gasteiger partial charge on any atom is -0.497 e. The Labute approximate surface area is 200 Å². The fraction of sp³-hybridized carbons (Fsp3) is 0.591. The van der Waals surface area contributed by atoms with Crippen LogP contribution >= 0.6 is 0 Å². The van der Waals surface area contributed by atoms with Crippen LogP contribution in [-0.2, 0) is 15.8 Å². The molecule has 10 nitrogen and oxygen atoms in total. The van der Waals surface area contributed by atoms with Crippen LogP contribution in [0.3, 0.4) is 0 Å². The van der Waals surface area contributed by atoms with Crippen molar-refractivity contribution in [1.82, 2.24) is 9.80 Å². The average molecular weight is 499 g/mol. The van der Waals surface area contributed by atoms with Crippen molar-refractivity contribution >= 4 is 23.3 Å². The second kappa shape index (κ2) is 11.4. The van der Waals surface area contributed by atoms with E-state index >= 15 is 0 Å². The zero-order valence-electron chi connectivity index (χ0n) is 19.3. The number of amides is 2. The van der Waals surface area contributed by atoms with Gasteiger partial charge in [-0.25, -0.2) is 0 Å². The lowest BCUT2D eigenvalue weighted by molar-refractivity contribution is -0.463. The third-order valence-electron chi connectivity index (χ3n) is 5.89. The van der Waals surface area contributed by atoms with Crippen molar-refractivity contribution in [3.05, 3.63) is 33.9 Å². The summed E-state index contributed by atoms with van der Waals surface area (Å²) in [6.45, 7) is 0.760. The molecule has 1 atom stereocenters. The Bertz CT molecular complexity index is 979. The third-order valence-corrected chi connectivity index (χ3v) is 5.89. The van der Waals surface area contributed by atoms with Gasteiger partial charge in [0.05, 0.1) is 19.2 Å². The molecule has 2 saturated heterocycles. The van der Waals surface area contributed by atoms with Gasteiger partial charge in [-0.2, -0.15) is 13.2 Å². The number of nitrogens with zero attached hydrogens (tertiary/aromatic N) is 4. The first-order valence-corrected chi connectivity index (χ1v) is 11.3. The summed E-state index contributed by atoms with van der Waals surface area (Å²) in [6, 6.07) is 1.85. The lowest BCUT2D eigenvalue weighted by Gasteiger charge is -2.25. The molecule has 1 aromatic rings. The molecule has 0 spiro atoms. The van der Waals surface area contributed by atoms with Gasteiger partial charge in [-0.3, -0.25) is 24.7 Å². The Hall–Kier alpha value is -3.38.